The van der Waals surface area contributed by atoms with Crippen LogP contribution in [-0.4, -0.2) is 62.8 Å². The van der Waals surface area contributed by atoms with Crippen molar-refractivity contribution in [3.05, 3.63) is 18.5 Å². The molecule has 10 heteroatoms. The molecule has 0 unspecified atom stereocenters. The molecule has 1 atom stereocenters. The third kappa shape index (κ3) is 4.01. The van der Waals surface area contributed by atoms with Crippen LogP contribution in [0.5, 0.6) is 0 Å². The number of hydrogen-bond acceptors (Lipinski definition) is 6. The van der Waals surface area contributed by atoms with E-state index in [9.17, 15) is 4.79 Å². The van der Waals surface area contributed by atoms with E-state index < -0.39 is 0 Å². The van der Waals surface area contributed by atoms with Crippen molar-refractivity contribution in [2.75, 3.05) is 31.1 Å². The van der Waals surface area contributed by atoms with Gasteiger partial charge in [0, 0.05) is 26.2 Å². The van der Waals surface area contributed by atoms with E-state index in [4.69, 9.17) is 5.73 Å². The number of nitrogens with two attached hydrogens (primary N) is 1. The summed E-state index contributed by atoms with van der Waals surface area (Å²) in [6.07, 6.45) is 2.25. The molecule has 1 aliphatic rings. The standard InChI is InChI=1S/C13H19N7O.2ClH/c1-2-10(14)13(21)19-7-5-18(6-8-19)12-4-3-11-16-15-9-20(11)17-12;;/h3-4,9-10H,2,5-8,14H2,1H3;2*1H/t10-;;/m0../s1. The molecule has 23 heavy (non-hydrogen) atoms. The molecular formula is C13H21Cl2N7O. The average molecular weight is 362 g/mol. The number of halogens is 2. The maximum atomic E-state index is 12.1. The molecule has 3 heterocycles. The first kappa shape index (κ1) is 19.4. The number of carbonyl (C=O) groups excluding carboxylic acids is 1. The van der Waals surface area contributed by atoms with Gasteiger partial charge in [0.1, 0.15) is 12.1 Å². The van der Waals surface area contributed by atoms with Gasteiger partial charge in [-0.3, -0.25) is 4.79 Å². The summed E-state index contributed by atoms with van der Waals surface area (Å²) in [6, 6.07) is 3.43. The molecule has 0 radical (unpaired) electrons. The number of rotatable bonds is 3. The number of nitrogens with zero attached hydrogens (tertiary/aromatic N) is 6. The van der Waals surface area contributed by atoms with E-state index >= 15 is 0 Å². The van der Waals surface area contributed by atoms with Gasteiger partial charge < -0.3 is 15.5 Å². The number of piperazine rings is 1. The zero-order valence-corrected chi connectivity index (χ0v) is 14.5. The van der Waals surface area contributed by atoms with Crippen LogP contribution in [0.25, 0.3) is 5.65 Å². The molecule has 0 bridgehead atoms. The highest BCUT2D eigenvalue weighted by Crippen LogP contribution is 2.14. The highest BCUT2D eigenvalue weighted by molar-refractivity contribution is 5.85. The summed E-state index contributed by atoms with van der Waals surface area (Å²) in [4.78, 5) is 16.0. The van der Waals surface area contributed by atoms with E-state index in [2.05, 4.69) is 20.2 Å². The van der Waals surface area contributed by atoms with E-state index in [1.165, 1.54) is 0 Å². The van der Waals surface area contributed by atoms with Crippen LogP contribution >= 0.6 is 24.8 Å². The molecule has 1 fully saturated rings. The molecule has 2 aromatic rings. The lowest BCUT2D eigenvalue weighted by Gasteiger charge is -2.36. The summed E-state index contributed by atoms with van der Waals surface area (Å²) < 4.78 is 1.65. The molecule has 0 saturated carbocycles. The van der Waals surface area contributed by atoms with Crippen molar-refractivity contribution in [1.29, 1.82) is 0 Å². The van der Waals surface area contributed by atoms with Crippen LogP contribution in [0.4, 0.5) is 5.82 Å². The van der Waals surface area contributed by atoms with Crippen molar-refractivity contribution in [2.45, 2.75) is 19.4 Å². The van der Waals surface area contributed by atoms with Crippen molar-refractivity contribution < 1.29 is 4.79 Å². The summed E-state index contributed by atoms with van der Waals surface area (Å²) in [6.45, 7) is 4.78. The number of anilines is 1. The van der Waals surface area contributed by atoms with Crippen LogP contribution in [-0.2, 0) is 4.79 Å². The minimum atomic E-state index is -0.386. The molecule has 0 aromatic carbocycles. The molecule has 8 nitrogen and oxygen atoms in total. The zero-order valence-electron chi connectivity index (χ0n) is 12.8. The van der Waals surface area contributed by atoms with Crippen molar-refractivity contribution >= 4 is 42.2 Å². The van der Waals surface area contributed by atoms with Crippen molar-refractivity contribution in [1.82, 2.24) is 24.7 Å². The predicted molar refractivity (Wildman–Crippen MR) is 92.3 cm³/mol. The predicted octanol–water partition coefficient (Wildman–Crippen LogP) is 0.354. The van der Waals surface area contributed by atoms with Gasteiger partial charge in [-0.1, -0.05) is 6.92 Å². The Morgan fingerprint density at radius 1 is 1.26 bits per heavy atom. The Labute approximate surface area is 146 Å². The van der Waals surface area contributed by atoms with Crippen LogP contribution in [0, 0.1) is 0 Å². The summed E-state index contributed by atoms with van der Waals surface area (Å²) in [7, 11) is 0. The SMILES string of the molecule is CC[C@H](N)C(=O)N1CCN(c2ccc3nncn3n2)CC1.Cl.Cl. The summed E-state index contributed by atoms with van der Waals surface area (Å²) >= 11 is 0. The molecule has 3 rings (SSSR count). The minimum Gasteiger partial charge on any atom is -0.352 e. The minimum absolute atomic E-state index is 0. The van der Waals surface area contributed by atoms with Crippen LogP contribution in [0.3, 0.4) is 0 Å². The Balaban J connectivity index is 0.00000132. The van der Waals surface area contributed by atoms with Crippen LogP contribution in [0.2, 0.25) is 0 Å². The maximum Gasteiger partial charge on any atom is 0.239 e. The maximum absolute atomic E-state index is 12.1. The Bertz CT molecular complexity index is 642. The van der Waals surface area contributed by atoms with Gasteiger partial charge in [-0.2, -0.15) is 4.52 Å². The van der Waals surface area contributed by atoms with Gasteiger partial charge in [-0.05, 0) is 18.6 Å². The van der Waals surface area contributed by atoms with Crippen molar-refractivity contribution in [3.8, 4) is 0 Å². The molecule has 2 N–H and O–H groups in total. The van der Waals surface area contributed by atoms with Crippen molar-refractivity contribution in [3.63, 3.8) is 0 Å². The quantitative estimate of drug-likeness (QED) is 0.847. The largest absolute Gasteiger partial charge is 0.352 e. The number of aromatic nitrogens is 4. The van der Waals surface area contributed by atoms with E-state index in [0.29, 0.717) is 19.5 Å². The number of hydrogen-bond donors (Lipinski definition) is 1. The lowest BCUT2D eigenvalue weighted by Crippen LogP contribution is -2.53. The van der Waals surface area contributed by atoms with Crippen LogP contribution in [0.1, 0.15) is 13.3 Å². The zero-order chi connectivity index (χ0) is 14.8. The number of carbonyl (C=O) groups is 1. The molecule has 1 aliphatic heterocycles. The summed E-state index contributed by atoms with van der Waals surface area (Å²) in [5, 5.41) is 12.2. The van der Waals surface area contributed by atoms with Gasteiger partial charge in [0.25, 0.3) is 0 Å². The highest BCUT2D eigenvalue weighted by atomic mass is 35.5. The summed E-state index contributed by atoms with van der Waals surface area (Å²) in [5.74, 6) is 0.911. The first-order valence-corrected chi connectivity index (χ1v) is 7.15. The number of fused-ring (bicyclic) bond motifs is 1. The second-order valence-electron chi connectivity index (χ2n) is 5.15. The fraction of sp³-hybridized carbons (Fsp3) is 0.538. The fourth-order valence-electron chi connectivity index (χ4n) is 2.45. The van der Waals surface area contributed by atoms with E-state index in [1.807, 2.05) is 24.0 Å². The molecule has 128 valence electrons. The second kappa shape index (κ2) is 8.28. The Kier molecular flexibility index (Phi) is 6.99. The lowest BCUT2D eigenvalue weighted by atomic mass is 10.2. The third-order valence-electron chi connectivity index (χ3n) is 3.82. The third-order valence-corrected chi connectivity index (χ3v) is 3.82. The van der Waals surface area contributed by atoms with Gasteiger partial charge in [0.05, 0.1) is 6.04 Å². The van der Waals surface area contributed by atoms with Gasteiger partial charge in [-0.25, -0.2) is 0 Å². The topological polar surface area (TPSA) is 92.7 Å². The lowest BCUT2D eigenvalue weighted by molar-refractivity contribution is -0.132. The Hall–Kier alpha value is -1.64. The fourth-order valence-corrected chi connectivity index (χ4v) is 2.45. The van der Waals surface area contributed by atoms with Gasteiger partial charge >= 0.3 is 0 Å². The summed E-state index contributed by atoms with van der Waals surface area (Å²) in [5.41, 5.74) is 6.53. The second-order valence-corrected chi connectivity index (χ2v) is 5.15. The molecular weight excluding hydrogens is 341 g/mol. The smallest absolute Gasteiger partial charge is 0.239 e. The molecule has 1 saturated heterocycles. The van der Waals surface area contributed by atoms with Crippen LogP contribution < -0.4 is 10.6 Å². The van der Waals surface area contributed by atoms with E-state index in [-0.39, 0.29) is 36.8 Å². The molecule has 1 amide bonds. The molecule has 0 aliphatic carbocycles. The number of amides is 1. The normalized spacial score (nSPS) is 15.7. The van der Waals surface area contributed by atoms with E-state index in [1.54, 1.807) is 10.8 Å². The van der Waals surface area contributed by atoms with E-state index in [0.717, 1.165) is 24.6 Å². The molecule has 0 spiro atoms. The first-order valence-electron chi connectivity index (χ1n) is 7.15. The van der Waals surface area contributed by atoms with Gasteiger partial charge in [0.15, 0.2) is 5.65 Å². The Morgan fingerprint density at radius 2 is 1.96 bits per heavy atom. The Morgan fingerprint density at radius 3 is 2.61 bits per heavy atom. The highest BCUT2D eigenvalue weighted by Gasteiger charge is 2.25. The monoisotopic (exact) mass is 361 g/mol. The first-order chi connectivity index (χ1) is 10.2. The molecule has 2 aromatic heterocycles. The van der Waals surface area contributed by atoms with Gasteiger partial charge in [-0.15, -0.1) is 40.1 Å². The van der Waals surface area contributed by atoms with Crippen molar-refractivity contribution in [2.24, 2.45) is 5.73 Å². The van der Waals surface area contributed by atoms with Crippen LogP contribution in [0.15, 0.2) is 18.5 Å². The van der Waals surface area contributed by atoms with Gasteiger partial charge in [0.2, 0.25) is 5.91 Å². The average Bonchev–Trinajstić information content (AvgIpc) is 3.01.